The number of aromatic amines is 1. The fraction of sp³-hybridized carbons (Fsp3) is 0.304. The molecule has 0 atom stereocenters. The Morgan fingerprint density at radius 1 is 1.16 bits per heavy atom. The van der Waals surface area contributed by atoms with Gasteiger partial charge in [-0.25, -0.2) is 0 Å². The second-order valence-electron chi connectivity index (χ2n) is 7.90. The third-order valence-electron chi connectivity index (χ3n) is 5.87. The highest BCUT2D eigenvalue weighted by atomic mass is 16.5. The molecule has 32 heavy (non-hydrogen) atoms. The van der Waals surface area contributed by atoms with Crippen LogP contribution in [0.15, 0.2) is 58.2 Å². The lowest BCUT2D eigenvalue weighted by Crippen LogP contribution is -2.38. The van der Waals surface area contributed by atoms with Crippen LogP contribution in [-0.2, 0) is 11.2 Å². The van der Waals surface area contributed by atoms with Gasteiger partial charge in [0.2, 0.25) is 17.6 Å². The molecule has 0 saturated carbocycles. The first kappa shape index (κ1) is 20.0. The maximum Gasteiger partial charge on any atom is 0.274 e. The zero-order chi connectivity index (χ0) is 21.9. The molecule has 1 fully saturated rings. The molecule has 0 bridgehead atoms. The Labute approximate surface area is 183 Å². The van der Waals surface area contributed by atoms with E-state index in [0.29, 0.717) is 43.2 Å². The number of aromatic nitrogens is 5. The molecule has 0 unspecified atom stereocenters. The minimum atomic E-state index is -0.165. The highest BCUT2D eigenvalue weighted by Gasteiger charge is 2.25. The monoisotopic (exact) mass is 430 g/mol. The van der Waals surface area contributed by atoms with Gasteiger partial charge in [-0.3, -0.25) is 19.6 Å². The van der Waals surface area contributed by atoms with E-state index >= 15 is 0 Å². The van der Waals surface area contributed by atoms with Gasteiger partial charge in [-0.1, -0.05) is 11.2 Å². The topological polar surface area (TPSA) is 118 Å². The summed E-state index contributed by atoms with van der Waals surface area (Å²) in [6, 6.07) is 9.35. The Kier molecular flexibility index (Phi) is 5.45. The van der Waals surface area contributed by atoms with Gasteiger partial charge in [-0.15, -0.1) is 0 Å². The van der Waals surface area contributed by atoms with Crippen LogP contribution in [0.25, 0.3) is 22.3 Å². The normalized spacial score (nSPS) is 14.7. The number of fused-ring (bicyclic) bond motifs is 1. The Morgan fingerprint density at radius 2 is 1.97 bits per heavy atom. The summed E-state index contributed by atoms with van der Waals surface area (Å²) in [4.78, 5) is 42.3. The Morgan fingerprint density at radius 3 is 2.78 bits per heavy atom. The van der Waals surface area contributed by atoms with Crippen LogP contribution in [0.2, 0.25) is 0 Å². The van der Waals surface area contributed by atoms with Gasteiger partial charge in [0.25, 0.3) is 5.56 Å². The van der Waals surface area contributed by atoms with Crippen molar-refractivity contribution in [1.82, 2.24) is 30.0 Å². The maximum atomic E-state index is 12.7. The summed E-state index contributed by atoms with van der Waals surface area (Å²) in [7, 11) is 0. The fourth-order valence-corrected chi connectivity index (χ4v) is 4.12. The van der Waals surface area contributed by atoms with Crippen molar-refractivity contribution in [3.8, 4) is 11.4 Å². The van der Waals surface area contributed by atoms with E-state index in [2.05, 4.69) is 25.1 Å². The Hall–Kier alpha value is -3.88. The van der Waals surface area contributed by atoms with Crippen molar-refractivity contribution in [2.45, 2.75) is 31.6 Å². The standard InChI is InChI=1S/C23H22N6O3/c30-20(4-3-19-27-22(28-32-19)16-5-10-24-11-6-16)29-12-7-15(8-13-29)18-14-17-2-1-9-25-21(17)23(31)26-18/h1-2,5-6,9-11,14-15H,3-4,7-8,12-13H2,(H,26,31). The summed E-state index contributed by atoms with van der Waals surface area (Å²) in [6.45, 7) is 1.31. The number of aryl methyl sites for hydroxylation is 1. The quantitative estimate of drug-likeness (QED) is 0.517. The molecule has 5 heterocycles. The number of carbonyl (C=O) groups excluding carboxylic acids is 1. The molecule has 0 aromatic carbocycles. The molecule has 4 aromatic rings. The van der Waals surface area contributed by atoms with Crippen LogP contribution in [0.5, 0.6) is 0 Å². The first-order chi connectivity index (χ1) is 15.7. The predicted molar refractivity (Wildman–Crippen MR) is 117 cm³/mol. The number of pyridine rings is 3. The number of rotatable bonds is 5. The molecule has 1 amide bonds. The van der Waals surface area contributed by atoms with Gasteiger partial charge in [-0.2, -0.15) is 4.98 Å². The van der Waals surface area contributed by atoms with Crippen LogP contribution in [0, 0.1) is 0 Å². The number of carbonyl (C=O) groups is 1. The highest BCUT2D eigenvalue weighted by Crippen LogP contribution is 2.28. The molecular formula is C23H22N6O3. The molecule has 162 valence electrons. The molecule has 9 nitrogen and oxygen atoms in total. The lowest BCUT2D eigenvalue weighted by Gasteiger charge is -2.32. The second kappa shape index (κ2) is 8.70. The van der Waals surface area contributed by atoms with Crippen LogP contribution in [0.1, 0.15) is 36.8 Å². The van der Waals surface area contributed by atoms with E-state index in [4.69, 9.17) is 4.52 Å². The summed E-state index contributed by atoms with van der Waals surface area (Å²) in [5.74, 6) is 1.23. The summed E-state index contributed by atoms with van der Waals surface area (Å²) >= 11 is 0. The summed E-state index contributed by atoms with van der Waals surface area (Å²) in [6.07, 6.45) is 7.30. The van der Waals surface area contributed by atoms with Crippen molar-refractivity contribution in [2.75, 3.05) is 13.1 Å². The van der Waals surface area contributed by atoms with E-state index in [1.54, 1.807) is 18.6 Å². The highest BCUT2D eigenvalue weighted by molar-refractivity contribution is 5.78. The summed E-state index contributed by atoms with van der Waals surface area (Å²) < 4.78 is 5.29. The number of hydrogen-bond donors (Lipinski definition) is 1. The number of nitrogens with zero attached hydrogens (tertiary/aromatic N) is 5. The number of H-pyrrole nitrogens is 1. The molecule has 9 heteroatoms. The van der Waals surface area contributed by atoms with Gasteiger partial charge >= 0.3 is 0 Å². The van der Waals surface area contributed by atoms with Crippen molar-refractivity contribution in [3.63, 3.8) is 0 Å². The molecular weight excluding hydrogens is 408 g/mol. The van der Waals surface area contributed by atoms with Crippen molar-refractivity contribution in [2.24, 2.45) is 0 Å². The van der Waals surface area contributed by atoms with E-state index in [-0.39, 0.29) is 17.4 Å². The molecule has 1 aliphatic heterocycles. The average Bonchev–Trinajstić information content (AvgIpc) is 3.32. The molecule has 1 aliphatic rings. The minimum absolute atomic E-state index is 0.0725. The summed E-state index contributed by atoms with van der Waals surface area (Å²) in [5.41, 5.74) is 2.03. The molecule has 0 spiro atoms. The van der Waals surface area contributed by atoms with Crippen molar-refractivity contribution >= 4 is 16.8 Å². The van der Waals surface area contributed by atoms with E-state index in [1.807, 2.05) is 35.2 Å². The third kappa shape index (κ3) is 4.14. The lowest BCUT2D eigenvalue weighted by molar-refractivity contribution is -0.132. The fourth-order valence-electron chi connectivity index (χ4n) is 4.12. The maximum absolute atomic E-state index is 12.7. The van der Waals surface area contributed by atoms with E-state index in [0.717, 1.165) is 29.5 Å². The number of hydrogen-bond acceptors (Lipinski definition) is 7. The van der Waals surface area contributed by atoms with Crippen molar-refractivity contribution in [3.05, 3.63) is 70.9 Å². The molecule has 1 N–H and O–H groups in total. The van der Waals surface area contributed by atoms with Crippen LogP contribution in [-0.4, -0.2) is 49.0 Å². The van der Waals surface area contributed by atoms with Gasteiger partial charge in [0.05, 0.1) is 0 Å². The molecule has 0 aliphatic carbocycles. The van der Waals surface area contributed by atoms with Crippen LogP contribution < -0.4 is 5.56 Å². The van der Waals surface area contributed by atoms with Crippen LogP contribution in [0.3, 0.4) is 0 Å². The Balaban J connectivity index is 1.17. The van der Waals surface area contributed by atoms with Gasteiger partial charge in [-0.05, 0) is 37.1 Å². The van der Waals surface area contributed by atoms with Gasteiger partial charge < -0.3 is 14.4 Å². The molecule has 4 aromatic heterocycles. The largest absolute Gasteiger partial charge is 0.343 e. The Bertz CT molecular complexity index is 1290. The summed E-state index contributed by atoms with van der Waals surface area (Å²) in [5, 5.41) is 4.82. The second-order valence-corrected chi connectivity index (χ2v) is 7.90. The average molecular weight is 430 g/mol. The van der Waals surface area contributed by atoms with Gasteiger partial charge in [0.15, 0.2) is 0 Å². The van der Waals surface area contributed by atoms with E-state index < -0.39 is 0 Å². The number of piperidine rings is 1. The van der Waals surface area contributed by atoms with E-state index in [9.17, 15) is 9.59 Å². The number of amides is 1. The van der Waals surface area contributed by atoms with E-state index in [1.165, 1.54) is 0 Å². The van der Waals surface area contributed by atoms with Crippen molar-refractivity contribution in [1.29, 1.82) is 0 Å². The zero-order valence-electron chi connectivity index (χ0n) is 17.4. The number of nitrogens with one attached hydrogen (secondary N) is 1. The van der Waals surface area contributed by atoms with Crippen LogP contribution >= 0.6 is 0 Å². The molecule has 1 saturated heterocycles. The first-order valence-corrected chi connectivity index (χ1v) is 10.7. The SMILES string of the molecule is O=C(CCc1nc(-c2ccncc2)no1)N1CCC(c2cc3cccnc3c(=O)[nH]2)CC1. The number of likely N-dealkylation sites (tertiary alicyclic amines) is 1. The molecule has 0 radical (unpaired) electrons. The minimum Gasteiger partial charge on any atom is -0.343 e. The molecule has 5 rings (SSSR count). The van der Waals surface area contributed by atoms with Gasteiger partial charge in [0, 0.05) is 67.1 Å². The first-order valence-electron chi connectivity index (χ1n) is 10.7. The van der Waals surface area contributed by atoms with Crippen molar-refractivity contribution < 1.29 is 9.32 Å². The third-order valence-corrected chi connectivity index (χ3v) is 5.87. The lowest BCUT2D eigenvalue weighted by atomic mass is 9.92. The zero-order valence-corrected chi connectivity index (χ0v) is 17.4. The smallest absolute Gasteiger partial charge is 0.274 e. The van der Waals surface area contributed by atoms with Gasteiger partial charge in [0.1, 0.15) is 5.52 Å². The predicted octanol–water partition coefficient (Wildman–Crippen LogP) is 2.71. The van der Waals surface area contributed by atoms with Crippen LogP contribution in [0.4, 0.5) is 0 Å².